The highest BCUT2D eigenvalue weighted by Crippen LogP contribution is 2.30. The first-order valence-corrected chi connectivity index (χ1v) is 10.4. The summed E-state index contributed by atoms with van der Waals surface area (Å²) in [6, 6.07) is 7.94. The Bertz CT molecular complexity index is 1250. The van der Waals surface area contributed by atoms with E-state index in [1.165, 1.54) is 13.4 Å². The minimum Gasteiger partial charge on any atom is -0.469 e. The van der Waals surface area contributed by atoms with Crippen molar-refractivity contribution in [1.82, 2.24) is 5.43 Å². The van der Waals surface area contributed by atoms with Crippen LogP contribution in [-0.4, -0.2) is 30.6 Å². The Kier molecular flexibility index (Phi) is 6.12. The molecule has 2 N–H and O–H groups in total. The first-order chi connectivity index (χ1) is 15.9. The molecule has 0 atom stereocenters. The largest absolute Gasteiger partial charge is 0.469 e. The van der Waals surface area contributed by atoms with Crippen molar-refractivity contribution in [2.24, 2.45) is 5.10 Å². The Hall–Kier alpha value is -4.14. The average molecular weight is 449 g/mol. The molecule has 0 fully saturated rings. The number of aryl methyl sites for hydroxylation is 2. The molecule has 0 saturated heterocycles. The zero-order valence-electron chi connectivity index (χ0n) is 18.5. The molecular weight excluding hydrogens is 426 g/mol. The number of esters is 1. The Labute approximate surface area is 189 Å². The fourth-order valence-electron chi connectivity index (χ4n) is 3.79. The van der Waals surface area contributed by atoms with Crippen LogP contribution >= 0.6 is 0 Å². The van der Waals surface area contributed by atoms with Gasteiger partial charge >= 0.3 is 5.97 Å². The SMILES string of the molecule is COC(=O)c1ccc(NC(=O)c2oc3c(c2C)/C(=N/NC(=O)c2ccoc2C)CCC3)cc1. The molecule has 9 nitrogen and oxygen atoms in total. The molecule has 9 heteroatoms. The van der Waals surface area contributed by atoms with Gasteiger partial charge in [-0.25, -0.2) is 10.2 Å². The molecular formula is C24H23N3O6. The normalized spacial score (nSPS) is 14.0. The Balaban J connectivity index is 1.53. The number of nitrogens with zero attached hydrogens (tertiary/aromatic N) is 1. The molecule has 0 saturated carbocycles. The summed E-state index contributed by atoms with van der Waals surface area (Å²) in [6.07, 6.45) is 3.55. The van der Waals surface area contributed by atoms with Crippen LogP contribution in [0.1, 0.15) is 66.8 Å². The standard InChI is InChI=1S/C24H23N3O6/c1-13-20-18(26-27-22(28)17-11-12-32-14(17)2)5-4-6-19(20)33-21(13)23(29)25-16-9-7-15(8-10-16)24(30)31-3/h7-12H,4-6H2,1-3H3,(H,25,29)(H,27,28)/b26-18+. The number of rotatable bonds is 5. The molecule has 0 bridgehead atoms. The topological polar surface area (TPSA) is 123 Å². The monoisotopic (exact) mass is 449 g/mol. The summed E-state index contributed by atoms with van der Waals surface area (Å²) < 4.78 is 15.7. The van der Waals surface area contributed by atoms with E-state index in [9.17, 15) is 14.4 Å². The summed E-state index contributed by atoms with van der Waals surface area (Å²) in [7, 11) is 1.31. The van der Waals surface area contributed by atoms with Crippen LogP contribution in [0.2, 0.25) is 0 Å². The predicted molar refractivity (Wildman–Crippen MR) is 120 cm³/mol. The molecule has 0 radical (unpaired) electrons. The van der Waals surface area contributed by atoms with E-state index in [1.54, 1.807) is 44.2 Å². The van der Waals surface area contributed by atoms with Crippen molar-refractivity contribution < 1.29 is 28.0 Å². The number of nitrogens with one attached hydrogen (secondary N) is 2. The molecule has 2 aromatic heterocycles. The van der Waals surface area contributed by atoms with Crippen molar-refractivity contribution in [2.45, 2.75) is 33.1 Å². The van der Waals surface area contributed by atoms with Crippen LogP contribution in [0.15, 0.2) is 50.5 Å². The van der Waals surface area contributed by atoms with Crippen molar-refractivity contribution in [3.8, 4) is 0 Å². The van der Waals surface area contributed by atoms with Gasteiger partial charge in [-0.2, -0.15) is 5.10 Å². The van der Waals surface area contributed by atoms with Gasteiger partial charge in [0.25, 0.3) is 11.8 Å². The fourth-order valence-corrected chi connectivity index (χ4v) is 3.79. The molecule has 3 aromatic rings. The molecule has 2 heterocycles. The maximum Gasteiger partial charge on any atom is 0.337 e. The summed E-state index contributed by atoms with van der Waals surface area (Å²) in [4.78, 5) is 36.8. The number of hydrazone groups is 1. The fraction of sp³-hybridized carbons (Fsp3) is 0.250. The van der Waals surface area contributed by atoms with Gasteiger partial charge in [0, 0.05) is 23.2 Å². The second-order valence-electron chi connectivity index (χ2n) is 7.62. The van der Waals surface area contributed by atoms with E-state index in [-0.39, 0.29) is 11.7 Å². The van der Waals surface area contributed by atoms with Crippen molar-refractivity contribution in [2.75, 3.05) is 12.4 Å². The van der Waals surface area contributed by atoms with Crippen LogP contribution < -0.4 is 10.7 Å². The zero-order chi connectivity index (χ0) is 23.5. The zero-order valence-corrected chi connectivity index (χ0v) is 18.5. The van der Waals surface area contributed by atoms with Crippen LogP contribution in [-0.2, 0) is 11.2 Å². The summed E-state index contributed by atoms with van der Waals surface area (Å²) in [5.41, 5.74) is 5.94. The van der Waals surface area contributed by atoms with Crippen molar-refractivity contribution in [1.29, 1.82) is 0 Å². The van der Waals surface area contributed by atoms with E-state index < -0.39 is 11.9 Å². The van der Waals surface area contributed by atoms with E-state index in [0.29, 0.717) is 52.5 Å². The van der Waals surface area contributed by atoms with Gasteiger partial charge < -0.3 is 18.9 Å². The highest BCUT2D eigenvalue weighted by Gasteiger charge is 2.28. The highest BCUT2D eigenvalue weighted by atomic mass is 16.5. The summed E-state index contributed by atoms with van der Waals surface area (Å²) in [5, 5.41) is 7.09. The lowest BCUT2D eigenvalue weighted by atomic mass is 9.93. The third-order valence-corrected chi connectivity index (χ3v) is 5.49. The number of hydrogen-bond acceptors (Lipinski definition) is 7. The quantitative estimate of drug-likeness (QED) is 0.448. The van der Waals surface area contributed by atoms with Crippen molar-refractivity contribution in [3.05, 3.63) is 76.1 Å². The van der Waals surface area contributed by atoms with Gasteiger partial charge in [0.05, 0.1) is 30.2 Å². The first-order valence-electron chi connectivity index (χ1n) is 10.4. The number of anilines is 1. The van der Waals surface area contributed by atoms with E-state index in [2.05, 4.69) is 20.6 Å². The van der Waals surface area contributed by atoms with Crippen molar-refractivity contribution >= 4 is 29.2 Å². The third-order valence-electron chi connectivity index (χ3n) is 5.49. The van der Waals surface area contributed by atoms with E-state index in [0.717, 1.165) is 12.0 Å². The van der Waals surface area contributed by atoms with Crippen LogP contribution in [0.4, 0.5) is 5.69 Å². The summed E-state index contributed by atoms with van der Waals surface area (Å²) >= 11 is 0. The smallest absolute Gasteiger partial charge is 0.337 e. The van der Waals surface area contributed by atoms with Crippen LogP contribution in [0.3, 0.4) is 0 Å². The van der Waals surface area contributed by atoms with E-state index >= 15 is 0 Å². The number of benzene rings is 1. The van der Waals surface area contributed by atoms with E-state index in [4.69, 9.17) is 8.83 Å². The highest BCUT2D eigenvalue weighted by molar-refractivity contribution is 6.09. The lowest BCUT2D eigenvalue weighted by molar-refractivity contribution is 0.0600. The number of fused-ring (bicyclic) bond motifs is 1. The molecule has 0 spiro atoms. The lowest BCUT2D eigenvalue weighted by Gasteiger charge is -2.13. The predicted octanol–water partition coefficient (Wildman–Crippen LogP) is 4.00. The molecule has 2 amide bonds. The summed E-state index contributed by atoms with van der Waals surface area (Å²) in [6.45, 7) is 3.50. The van der Waals surface area contributed by atoms with Crippen LogP contribution in [0, 0.1) is 13.8 Å². The minimum atomic E-state index is -0.454. The van der Waals surface area contributed by atoms with Gasteiger partial charge in [-0.05, 0) is 57.0 Å². The Morgan fingerprint density at radius 3 is 2.45 bits per heavy atom. The number of methoxy groups -OCH3 is 1. The van der Waals surface area contributed by atoms with Crippen LogP contribution in [0.5, 0.6) is 0 Å². The molecule has 170 valence electrons. The van der Waals surface area contributed by atoms with Gasteiger partial charge in [-0.15, -0.1) is 0 Å². The Morgan fingerprint density at radius 1 is 1.03 bits per heavy atom. The van der Waals surface area contributed by atoms with Gasteiger partial charge in [-0.3, -0.25) is 9.59 Å². The maximum absolute atomic E-state index is 12.9. The molecule has 0 unspecified atom stereocenters. The third kappa shape index (κ3) is 4.43. The number of hydrogen-bond donors (Lipinski definition) is 2. The molecule has 1 aliphatic carbocycles. The second-order valence-corrected chi connectivity index (χ2v) is 7.62. The van der Waals surface area contributed by atoms with E-state index in [1.807, 2.05) is 0 Å². The van der Waals surface area contributed by atoms with Gasteiger partial charge in [0.2, 0.25) is 0 Å². The first kappa shape index (κ1) is 22.1. The van der Waals surface area contributed by atoms with Gasteiger partial charge in [0.1, 0.15) is 11.5 Å². The number of carbonyl (C=O) groups is 3. The lowest BCUT2D eigenvalue weighted by Crippen LogP contribution is -2.22. The number of furan rings is 2. The average Bonchev–Trinajstić information content (AvgIpc) is 3.40. The number of amides is 2. The van der Waals surface area contributed by atoms with Crippen LogP contribution in [0.25, 0.3) is 0 Å². The van der Waals surface area contributed by atoms with Crippen molar-refractivity contribution in [3.63, 3.8) is 0 Å². The molecule has 4 rings (SSSR count). The second kappa shape index (κ2) is 9.15. The van der Waals surface area contributed by atoms with Gasteiger partial charge in [-0.1, -0.05) is 0 Å². The number of ether oxygens (including phenoxy) is 1. The molecule has 1 aliphatic rings. The molecule has 0 aliphatic heterocycles. The number of carbonyl (C=O) groups excluding carboxylic acids is 3. The molecule has 1 aromatic carbocycles. The van der Waals surface area contributed by atoms with Gasteiger partial charge in [0.15, 0.2) is 5.76 Å². The minimum absolute atomic E-state index is 0.184. The maximum atomic E-state index is 12.9. The Morgan fingerprint density at radius 2 is 1.79 bits per heavy atom. The summed E-state index contributed by atoms with van der Waals surface area (Å²) in [5.74, 6) is 0.126. The molecule has 33 heavy (non-hydrogen) atoms.